The molecule has 2 aromatic carbocycles. The minimum absolute atomic E-state index is 0.00180. The van der Waals surface area contributed by atoms with Crippen LogP contribution >= 0.6 is 11.6 Å². The smallest absolute Gasteiger partial charge is 0.350 e. The van der Waals surface area contributed by atoms with Crippen molar-refractivity contribution in [3.63, 3.8) is 0 Å². The highest BCUT2D eigenvalue weighted by atomic mass is 35.5. The summed E-state index contributed by atoms with van der Waals surface area (Å²) in [5.41, 5.74) is 0.763. The summed E-state index contributed by atoms with van der Waals surface area (Å²) in [6.45, 7) is 3.55. The maximum absolute atomic E-state index is 12.9. The van der Waals surface area contributed by atoms with E-state index in [2.05, 4.69) is 5.32 Å². The molecule has 140 valence electrons. The zero-order valence-electron chi connectivity index (χ0n) is 14.3. The fourth-order valence-corrected chi connectivity index (χ4v) is 2.92. The van der Waals surface area contributed by atoms with Crippen LogP contribution in [0.2, 0.25) is 0 Å². The van der Waals surface area contributed by atoms with E-state index in [-0.39, 0.29) is 16.4 Å². The van der Waals surface area contributed by atoms with Gasteiger partial charge in [0.1, 0.15) is 10.7 Å². The van der Waals surface area contributed by atoms with E-state index in [0.29, 0.717) is 11.3 Å². The number of carbonyl (C=O) groups is 2. The highest BCUT2D eigenvalue weighted by Gasteiger charge is 2.40. The molecule has 0 atom stereocenters. The monoisotopic (exact) mass is 394 g/mol. The minimum Gasteiger partial charge on any atom is -0.350 e. The molecule has 1 aliphatic rings. The lowest BCUT2D eigenvalue weighted by atomic mass is 10.1. The number of amides is 2. The van der Waals surface area contributed by atoms with Crippen LogP contribution in [0.1, 0.15) is 16.7 Å². The second-order valence-corrected chi connectivity index (χ2v) is 6.51. The quantitative estimate of drug-likeness (QED) is 0.764. The molecule has 0 spiro atoms. The molecule has 0 aliphatic carbocycles. The number of nitrogens with zero attached hydrogens (tertiary/aromatic N) is 1. The molecule has 0 bridgehead atoms. The van der Waals surface area contributed by atoms with Crippen LogP contribution in [0, 0.1) is 13.8 Å². The number of anilines is 2. The highest BCUT2D eigenvalue weighted by molar-refractivity contribution is 6.53. The van der Waals surface area contributed by atoms with E-state index in [1.165, 1.54) is 12.1 Å². The van der Waals surface area contributed by atoms with Crippen molar-refractivity contribution in [3.8, 4) is 0 Å². The number of hydrogen-bond acceptors (Lipinski definition) is 3. The molecule has 0 fully saturated rings. The van der Waals surface area contributed by atoms with Crippen LogP contribution in [0.15, 0.2) is 53.2 Å². The number of imide groups is 1. The van der Waals surface area contributed by atoms with Gasteiger partial charge in [-0.05, 0) is 49.2 Å². The van der Waals surface area contributed by atoms with Crippen LogP contribution in [-0.2, 0) is 15.8 Å². The molecule has 0 saturated heterocycles. The molecule has 0 aromatic heterocycles. The Morgan fingerprint density at radius 3 is 2.37 bits per heavy atom. The largest absolute Gasteiger partial charge is 0.416 e. The Morgan fingerprint density at radius 1 is 1.00 bits per heavy atom. The molecule has 0 unspecified atom stereocenters. The molecular weight excluding hydrogens is 381 g/mol. The van der Waals surface area contributed by atoms with E-state index in [9.17, 15) is 22.8 Å². The van der Waals surface area contributed by atoms with Crippen molar-refractivity contribution in [2.45, 2.75) is 20.0 Å². The van der Waals surface area contributed by atoms with Crippen molar-refractivity contribution in [3.05, 3.63) is 69.9 Å². The van der Waals surface area contributed by atoms with Crippen LogP contribution in [0.4, 0.5) is 24.5 Å². The number of nitrogens with one attached hydrogen (secondary N) is 1. The predicted octanol–water partition coefficient (Wildman–Crippen LogP) is 4.76. The van der Waals surface area contributed by atoms with E-state index in [0.717, 1.165) is 22.6 Å². The number of benzene rings is 2. The van der Waals surface area contributed by atoms with Gasteiger partial charge in [0.15, 0.2) is 0 Å². The SMILES string of the molecule is Cc1ccc(C)c(N2C(=O)C(Cl)=C(Nc3cccc(C(F)(F)F)c3)C2=O)c1. The topological polar surface area (TPSA) is 49.4 Å². The molecule has 1 aliphatic heterocycles. The summed E-state index contributed by atoms with van der Waals surface area (Å²) in [5.74, 6) is -1.46. The van der Waals surface area contributed by atoms with Crippen molar-refractivity contribution in [1.29, 1.82) is 0 Å². The first-order valence-corrected chi connectivity index (χ1v) is 8.27. The van der Waals surface area contributed by atoms with Crippen molar-refractivity contribution >= 4 is 34.8 Å². The van der Waals surface area contributed by atoms with Crippen LogP contribution in [0.25, 0.3) is 0 Å². The Hall–Kier alpha value is -2.80. The maximum Gasteiger partial charge on any atom is 0.416 e. The lowest BCUT2D eigenvalue weighted by Crippen LogP contribution is -2.33. The van der Waals surface area contributed by atoms with Gasteiger partial charge in [-0.15, -0.1) is 0 Å². The second-order valence-electron chi connectivity index (χ2n) is 6.13. The van der Waals surface area contributed by atoms with Crippen molar-refractivity contribution in [2.75, 3.05) is 10.2 Å². The van der Waals surface area contributed by atoms with E-state index in [1.807, 2.05) is 13.0 Å². The number of rotatable bonds is 3. The number of hydrogen-bond donors (Lipinski definition) is 1. The molecule has 2 amide bonds. The van der Waals surface area contributed by atoms with E-state index < -0.39 is 23.6 Å². The van der Waals surface area contributed by atoms with Gasteiger partial charge in [-0.3, -0.25) is 9.59 Å². The fourth-order valence-electron chi connectivity index (χ4n) is 2.71. The second kappa shape index (κ2) is 6.74. The highest BCUT2D eigenvalue weighted by Crippen LogP contribution is 2.34. The molecular formula is C19H14ClF3N2O2. The van der Waals surface area contributed by atoms with Gasteiger partial charge in [0.25, 0.3) is 11.8 Å². The zero-order valence-corrected chi connectivity index (χ0v) is 15.1. The van der Waals surface area contributed by atoms with Crippen molar-refractivity contribution < 1.29 is 22.8 Å². The standard InChI is InChI=1S/C19H14ClF3N2O2/c1-10-6-7-11(2)14(8-10)25-17(26)15(20)16(18(25)27)24-13-5-3-4-12(9-13)19(21,22)23/h3-9,24H,1-2H3. The van der Waals surface area contributed by atoms with Gasteiger partial charge in [0, 0.05) is 5.69 Å². The summed E-state index contributed by atoms with van der Waals surface area (Å²) in [6, 6.07) is 9.56. The van der Waals surface area contributed by atoms with Crippen molar-refractivity contribution in [1.82, 2.24) is 0 Å². The number of carbonyl (C=O) groups excluding carboxylic acids is 2. The van der Waals surface area contributed by atoms with Gasteiger partial charge in [0.05, 0.1) is 11.3 Å². The first kappa shape index (κ1) is 19.0. The van der Waals surface area contributed by atoms with Gasteiger partial charge in [0.2, 0.25) is 0 Å². The molecule has 0 saturated carbocycles. The third-order valence-electron chi connectivity index (χ3n) is 4.09. The number of halogens is 4. The minimum atomic E-state index is -4.53. The Balaban J connectivity index is 1.95. The molecule has 1 heterocycles. The number of aryl methyl sites for hydroxylation is 2. The third kappa shape index (κ3) is 3.55. The molecule has 4 nitrogen and oxygen atoms in total. The number of alkyl halides is 3. The average molecular weight is 395 g/mol. The Bertz CT molecular complexity index is 983. The van der Waals surface area contributed by atoms with Gasteiger partial charge in [-0.25, -0.2) is 4.90 Å². The van der Waals surface area contributed by atoms with Crippen LogP contribution in [0.5, 0.6) is 0 Å². The van der Waals surface area contributed by atoms with Gasteiger partial charge in [-0.2, -0.15) is 13.2 Å². The normalized spacial score (nSPS) is 15.0. The lowest BCUT2D eigenvalue weighted by molar-refractivity contribution is -0.137. The molecule has 3 rings (SSSR count). The zero-order chi connectivity index (χ0) is 19.9. The van der Waals surface area contributed by atoms with Crippen LogP contribution in [0.3, 0.4) is 0 Å². The molecule has 1 N–H and O–H groups in total. The van der Waals surface area contributed by atoms with Crippen molar-refractivity contribution in [2.24, 2.45) is 0 Å². The summed E-state index contributed by atoms with van der Waals surface area (Å²) in [7, 11) is 0. The Labute approximate surface area is 158 Å². The van der Waals surface area contributed by atoms with Crippen LogP contribution < -0.4 is 10.2 Å². The molecule has 27 heavy (non-hydrogen) atoms. The van der Waals surface area contributed by atoms with E-state index in [4.69, 9.17) is 11.6 Å². The molecule has 2 aromatic rings. The summed E-state index contributed by atoms with van der Waals surface area (Å²) < 4.78 is 38.6. The Morgan fingerprint density at radius 2 is 1.70 bits per heavy atom. The third-order valence-corrected chi connectivity index (χ3v) is 4.44. The predicted molar refractivity (Wildman–Crippen MR) is 96.4 cm³/mol. The first-order chi connectivity index (χ1) is 12.6. The summed E-state index contributed by atoms with van der Waals surface area (Å²) in [5, 5.41) is 2.18. The van der Waals surface area contributed by atoms with Crippen LogP contribution in [-0.4, -0.2) is 11.8 Å². The van der Waals surface area contributed by atoms with Gasteiger partial charge < -0.3 is 5.32 Å². The van der Waals surface area contributed by atoms with E-state index >= 15 is 0 Å². The average Bonchev–Trinajstić information content (AvgIpc) is 2.80. The maximum atomic E-state index is 12.9. The van der Waals surface area contributed by atoms with E-state index in [1.54, 1.807) is 19.1 Å². The molecule has 8 heteroatoms. The summed E-state index contributed by atoms with van der Waals surface area (Å²) >= 11 is 6.02. The first-order valence-electron chi connectivity index (χ1n) is 7.89. The van der Waals surface area contributed by atoms with Gasteiger partial charge in [-0.1, -0.05) is 29.8 Å². The van der Waals surface area contributed by atoms with Gasteiger partial charge >= 0.3 is 6.18 Å². The molecule has 0 radical (unpaired) electrons. The summed E-state index contributed by atoms with van der Waals surface area (Å²) in [6.07, 6.45) is -4.53. The fraction of sp³-hybridized carbons (Fsp3) is 0.158. The Kier molecular flexibility index (Phi) is 4.73. The lowest BCUT2D eigenvalue weighted by Gasteiger charge is -2.18. The summed E-state index contributed by atoms with van der Waals surface area (Å²) in [4.78, 5) is 26.2.